The summed E-state index contributed by atoms with van der Waals surface area (Å²) in [4.78, 5) is 25.1. The van der Waals surface area contributed by atoms with E-state index in [0.717, 1.165) is 22.9 Å². The summed E-state index contributed by atoms with van der Waals surface area (Å²) in [5, 5.41) is 0.651. The number of aryl methyl sites for hydroxylation is 1. The van der Waals surface area contributed by atoms with Gasteiger partial charge in [-0.05, 0) is 54.4 Å². The van der Waals surface area contributed by atoms with Crippen LogP contribution in [0.2, 0.25) is 0 Å². The Morgan fingerprint density at radius 1 is 1.06 bits per heavy atom. The Kier molecular flexibility index (Phi) is 4.97. The van der Waals surface area contributed by atoms with Gasteiger partial charge >= 0.3 is 11.9 Å². The predicted octanol–water partition coefficient (Wildman–Crippen LogP) is 4.15. The number of methoxy groups -OCH3 is 1. The molecule has 0 atom stereocenters. The van der Waals surface area contributed by atoms with Gasteiger partial charge in [0.2, 0.25) is 0 Å². The molecule has 6 nitrogen and oxygen atoms in total. The molecule has 0 aliphatic heterocycles. The fourth-order valence-electron chi connectivity index (χ4n) is 3.39. The number of alkyl halides is 3. The van der Waals surface area contributed by atoms with E-state index >= 15 is 0 Å². The first-order valence-electron chi connectivity index (χ1n) is 9.07. The van der Waals surface area contributed by atoms with E-state index in [0.29, 0.717) is 32.0 Å². The van der Waals surface area contributed by atoms with Crippen molar-refractivity contribution in [3.63, 3.8) is 0 Å². The van der Waals surface area contributed by atoms with Crippen molar-refractivity contribution in [1.29, 1.82) is 0 Å². The number of fused-ring (bicyclic) bond motifs is 1. The number of benzene rings is 2. The van der Waals surface area contributed by atoms with Crippen LogP contribution in [-0.2, 0) is 13.2 Å². The van der Waals surface area contributed by atoms with Crippen LogP contribution in [-0.4, -0.2) is 20.6 Å². The summed E-state index contributed by atoms with van der Waals surface area (Å²) in [5.74, 6) is 0.611. The van der Waals surface area contributed by atoms with Crippen molar-refractivity contribution >= 4 is 21.6 Å². The summed E-state index contributed by atoms with van der Waals surface area (Å²) >= 11 is 1.23. The van der Waals surface area contributed by atoms with Gasteiger partial charge in [0.05, 0.1) is 23.2 Å². The van der Waals surface area contributed by atoms with Gasteiger partial charge in [0.1, 0.15) is 11.4 Å². The quantitative estimate of drug-likeness (QED) is 0.473. The molecule has 0 amide bonds. The van der Waals surface area contributed by atoms with Crippen molar-refractivity contribution in [1.82, 2.24) is 13.5 Å². The highest BCUT2D eigenvalue weighted by molar-refractivity contribution is 7.13. The molecule has 0 spiro atoms. The summed E-state index contributed by atoms with van der Waals surface area (Å²) in [5.41, 5.74) is -0.981. The topological polar surface area (TPSA) is 66.1 Å². The second-order valence-electron chi connectivity index (χ2n) is 6.96. The molecule has 0 aliphatic carbocycles. The van der Waals surface area contributed by atoms with Crippen molar-refractivity contribution in [2.45, 2.75) is 13.1 Å². The number of hydrogen-bond acceptors (Lipinski definition) is 5. The molecular formula is C21H16F3N3O3S. The summed E-state index contributed by atoms with van der Waals surface area (Å²) < 4.78 is 51.2. The molecule has 0 bridgehead atoms. The Bertz CT molecular complexity index is 1430. The van der Waals surface area contributed by atoms with Gasteiger partial charge in [-0.15, -0.1) is 0 Å². The van der Waals surface area contributed by atoms with Crippen LogP contribution in [0.4, 0.5) is 13.2 Å². The third-order valence-electron chi connectivity index (χ3n) is 4.93. The standard InChI is InChI=1S/C21H16F3N3O3S/c1-11-4-6-13(15(8-11)30-3)19-14-9-12(5-7-16(14)31-25-19)27-18(28)10-17(21(22,23)24)26(2)20(27)29/h4-10H,1-3H3. The third-order valence-corrected chi connectivity index (χ3v) is 5.76. The van der Waals surface area contributed by atoms with Crippen LogP contribution in [0, 0.1) is 6.92 Å². The fourth-order valence-corrected chi connectivity index (χ4v) is 4.16. The highest BCUT2D eigenvalue weighted by atomic mass is 32.1. The van der Waals surface area contributed by atoms with E-state index < -0.39 is 23.1 Å². The second kappa shape index (κ2) is 7.38. The Labute approximate surface area is 177 Å². The van der Waals surface area contributed by atoms with Crippen molar-refractivity contribution in [3.05, 3.63) is 74.6 Å². The minimum Gasteiger partial charge on any atom is -0.496 e. The highest BCUT2D eigenvalue weighted by Crippen LogP contribution is 2.37. The summed E-state index contributed by atoms with van der Waals surface area (Å²) in [6.45, 7) is 1.93. The lowest BCUT2D eigenvalue weighted by molar-refractivity contribution is -0.144. The van der Waals surface area contributed by atoms with Crippen LogP contribution < -0.4 is 16.0 Å². The smallest absolute Gasteiger partial charge is 0.431 e. The zero-order chi connectivity index (χ0) is 22.5. The van der Waals surface area contributed by atoms with Gasteiger partial charge in [0, 0.05) is 24.1 Å². The Hall–Kier alpha value is -3.40. The van der Waals surface area contributed by atoms with Crippen molar-refractivity contribution < 1.29 is 17.9 Å². The number of halogens is 3. The summed E-state index contributed by atoms with van der Waals surface area (Å²) in [7, 11) is 2.53. The van der Waals surface area contributed by atoms with Crippen LogP contribution >= 0.6 is 11.5 Å². The van der Waals surface area contributed by atoms with Crippen LogP contribution in [0.5, 0.6) is 5.75 Å². The maximum atomic E-state index is 13.1. The van der Waals surface area contributed by atoms with Crippen LogP contribution in [0.3, 0.4) is 0 Å². The largest absolute Gasteiger partial charge is 0.496 e. The van der Waals surface area contributed by atoms with Crippen molar-refractivity contribution in [2.24, 2.45) is 7.05 Å². The van der Waals surface area contributed by atoms with Crippen LogP contribution in [0.25, 0.3) is 27.0 Å². The molecule has 0 N–H and O–H groups in total. The summed E-state index contributed by atoms with van der Waals surface area (Å²) in [6.07, 6.45) is -4.82. The van der Waals surface area contributed by atoms with E-state index in [-0.39, 0.29) is 5.69 Å². The Morgan fingerprint density at radius 2 is 1.81 bits per heavy atom. The molecule has 4 rings (SSSR count). The fraction of sp³-hybridized carbons (Fsp3) is 0.190. The number of hydrogen-bond donors (Lipinski definition) is 0. The normalized spacial score (nSPS) is 11.8. The second-order valence-corrected chi connectivity index (χ2v) is 7.76. The van der Waals surface area contributed by atoms with Crippen LogP contribution in [0.15, 0.2) is 52.1 Å². The Morgan fingerprint density at radius 3 is 2.48 bits per heavy atom. The molecule has 0 aliphatic rings. The molecule has 160 valence electrons. The van der Waals surface area contributed by atoms with Gasteiger partial charge in [0.25, 0.3) is 5.56 Å². The van der Waals surface area contributed by atoms with E-state index in [9.17, 15) is 22.8 Å². The zero-order valence-corrected chi connectivity index (χ0v) is 17.5. The highest BCUT2D eigenvalue weighted by Gasteiger charge is 2.35. The van der Waals surface area contributed by atoms with Crippen molar-refractivity contribution in [2.75, 3.05) is 7.11 Å². The van der Waals surface area contributed by atoms with E-state index in [1.165, 1.54) is 17.6 Å². The first kappa shape index (κ1) is 20.9. The molecule has 10 heteroatoms. The van der Waals surface area contributed by atoms with Gasteiger partial charge < -0.3 is 4.74 Å². The lowest BCUT2D eigenvalue weighted by Gasteiger charge is -2.14. The number of rotatable bonds is 3. The lowest BCUT2D eigenvalue weighted by Crippen LogP contribution is -2.40. The lowest BCUT2D eigenvalue weighted by atomic mass is 10.0. The monoisotopic (exact) mass is 447 g/mol. The average Bonchev–Trinajstić information content (AvgIpc) is 3.13. The molecule has 0 unspecified atom stereocenters. The first-order valence-corrected chi connectivity index (χ1v) is 9.84. The minimum absolute atomic E-state index is 0.152. The number of aromatic nitrogens is 3. The number of ether oxygens (including phenoxy) is 1. The molecule has 4 aromatic rings. The molecule has 31 heavy (non-hydrogen) atoms. The number of nitrogens with zero attached hydrogens (tertiary/aromatic N) is 3. The van der Waals surface area contributed by atoms with Gasteiger partial charge in [-0.1, -0.05) is 6.07 Å². The third kappa shape index (κ3) is 3.52. The molecular weight excluding hydrogens is 431 g/mol. The molecule has 0 saturated heterocycles. The average molecular weight is 447 g/mol. The maximum absolute atomic E-state index is 13.1. The molecule has 0 fully saturated rings. The Balaban J connectivity index is 1.95. The van der Waals surface area contributed by atoms with E-state index in [4.69, 9.17) is 4.74 Å². The molecule has 0 saturated carbocycles. The minimum atomic E-state index is -4.82. The van der Waals surface area contributed by atoms with Gasteiger partial charge in [-0.3, -0.25) is 9.36 Å². The summed E-state index contributed by atoms with van der Waals surface area (Å²) in [6, 6.07) is 10.8. The van der Waals surface area contributed by atoms with E-state index in [1.807, 2.05) is 25.1 Å². The van der Waals surface area contributed by atoms with Gasteiger partial charge in [-0.2, -0.15) is 17.5 Å². The molecule has 2 heterocycles. The SMILES string of the molecule is COc1cc(C)ccc1-c1nsc2ccc(-n3c(=O)cc(C(F)(F)F)n(C)c3=O)cc12. The predicted molar refractivity (Wildman–Crippen MR) is 112 cm³/mol. The van der Waals surface area contributed by atoms with Gasteiger partial charge in [-0.25, -0.2) is 9.36 Å². The maximum Gasteiger partial charge on any atom is 0.431 e. The molecule has 0 radical (unpaired) electrons. The first-order chi connectivity index (χ1) is 14.6. The van der Waals surface area contributed by atoms with Crippen LogP contribution in [0.1, 0.15) is 11.3 Å². The zero-order valence-electron chi connectivity index (χ0n) is 16.6. The van der Waals surface area contributed by atoms with E-state index in [2.05, 4.69) is 4.37 Å². The van der Waals surface area contributed by atoms with Gasteiger partial charge in [0.15, 0.2) is 0 Å². The van der Waals surface area contributed by atoms with Crippen molar-refractivity contribution in [3.8, 4) is 22.7 Å². The van der Waals surface area contributed by atoms with E-state index in [1.54, 1.807) is 19.2 Å². The molecule has 2 aromatic heterocycles. The molecule has 2 aromatic carbocycles.